The third kappa shape index (κ3) is 3.97. The van der Waals surface area contributed by atoms with Crippen molar-refractivity contribution < 1.29 is 9.18 Å². The highest BCUT2D eigenvalue weighted by Gasteiger charge is 2.35. The molecule has 0 saturated carbocycles. The van der Waals surface area contributed by atoms with Gasteiger partial charge in [0.2, 0.25) is 5.91 Å². The van der Waals surface area contributed by atoms with Crippen LogP contribution in [0, 0.1) is 5.82 Å². The van der Waals surface area contributed by atoms with E-state index in [1.807, 2.05) is 7.05 Å². The first-order chi connectivity index (χ1) is 10.1. The molecule has 2 heterocycles. The van der Waals surface area contributed by atoms with E-state index in [2.05, 4.69) is 15.5 Å². The second-order valence-corrected chi connectivity index (χ2v) is 6.21. The molecule has 6 heteroatoms. The number of benzene rings is 1. The third-order valence-corrected chi connectivity index (χ3v) is 4.61. The minimum Gasteiger partial charge on any atom is -0.322 e. The number of para-hydroxylation sites is 1. The number of carbonyl (C=O) groups excluding carboxylic acids is 1. The van der Waals surface area contributed by atoms with Gasteiger partial charge in [-0.1, -0.05) is 12.1 Å². The maximum absolute atomic E-state index is 13.5. The molecule has 4 nitrogen and oxygen atoms in total. The van der Waals surface area contributed by atoms with Crippen LogP contribution in [0.15, 0.2) is 24.3 Å². The lowest BCUT2D eigenvalue weighted by atomic mass is 9.98. The van der Waals surface area contributed by atoms with Crippen molar-refractivity contribution in [2.75, 3.05) is 18.9 Å². The molecule has 2 aliphatic heterocycles. The molecule has 0 aliphatic carbocycles. The molecule has 2 unspecified atom stereocenters. The van der Waals surface area contributed by atoms with Crippen LogP contribution in [0.3, 0.4) is 0 Å². The first-order valence-electron chi connectivity index (χ1n) is 7.62. The van der Waals surface area contributed by atoms with Crippen LogP contribution in [0.25, 0.3) is 0 Å². The number of piperidine rings is 1. The minimum atomic E-state index is -0.395. The number of rotatable bonds is 4. The standard InChI is InChI=1S/C16H22FN3O.ClH/c1-20(13-8-11-6-7-12(9-13)18-11)10-16(21)19-15-5-3-2-4-14(15)17;/h2-5,11-13,18H,6-10H2,1H3,(H,19,21);1H. The van der Waals surface area contributed by atoms with Gasteiger partial charge in [0.15, 0.2) is 0 Å². The fourth-order valence-corrected chi connectivity index (χ4v) is 3.50. The lowest BCUT2D eigenvalue weighted by Crippen LogP contribution is -2.48. The van der Waals surface area contributed by atoms with Gasteiger partial charge in [0, 0.05) is 18.1 Å². The Hall–Kier alpha value is -1.17. The molecule has 122 valence electrons. The van der Waals surface area contributed by atoms with Gasteiger partial charge in [0.25, 0.3) is 0 Å². The lowest BCUT2D eigenvalue weighted by molar-refractivity contribution is -0.117. The van der Waals surface area contributed by atoms with Gasteiger partial charge >= 0.3 is 0 Å². The number of carbonyl (C=O) groups is 1. The summed E-state index contributed by atoms with van der Waals surface area (Å²) in [6.07, 6.45) is 4.69. The van der Waals surface area contributed by atoms with E-state index >= 15 is 0 Å². The summed E-state index contributed by atoms with van der Waals surface area (Å²) in [5.41, 5.74) is 0.251. The fourth-order valence-electron chi connectivity index (χ4n) is 3.50. The summed E-state index contributed by atoms with van der Waals surface area (Å²) >= 11 is 0. The molecule has 2 atom stereocenters. The van der Waals surface area contributed by atoms with Crippen LogP contribution in [0.1, 0.15) is 25.7 Å². The number of nitrogens with zero attached hydrogens (tertiary/aromatic N) is 1. The molecule has 2 bridgehead atoms. The van der Waals surface area contributed by atoms with E-state index in [0.29, 0.717) is 24.7 Å². The van der Waals surface area contributed by atoms with Crippen molar-refractivity contribution in [1.29, 1.82) is 0 Å². The fraction of sp³-hybridized carbons (Fsp3) is 0.562. The van der Waals surface area contributed by atoms with Crippen LogP contribution in [-0.4, -0.2) is 42.5 Å². The molecule has 22 heavy (non-hydrogen) atoms. The number of fused-ring (bicyclic) bond motifs is 2. The first-order valence-corrected chi connectivity index (χ1v) is 7.62. The van der Waals surface area contributed by atoms with Crippen LogP contribution in [0.5, 0.6) is 0 Å². The van der Waals surface area contributed by atoms with Crippen LogP contribution in [-0.2, 0) is 4.79 Å². The molecule has 2 saturated heterocycles. The Morgan fingerprint density at radius 1 is 1.32 bits per heavy atom. The lowest BCUT2D eigenvalue weighted by Gasteiger charge is -2.35. The number of amides is 1. The minimum absolute atomic E-state index is 0. The van der Waals surface area contributed by atoms with Crippen molar-refractivity contribution >= 4 is 24.0 Å². The Labute approximate surface area is 136 Å². The normalized spacial score (nSPS) is 26.6. The van der Waals surface area contributed by atoms with Gasteiger partial charge in [0.05, 0.1) is 12.2 Å². The number of likely N-dealkylation sites (N-methyl/N-ethyl adjacent to an activating group) is 1. The highest BCUT2D eigenvalue weighted by atomic mass is 35.5. The molecular formula is C16H23ClFN3O. The molecule has 2 aliphatic rings. The first kappa shape index (κ1) is 17.2. The maximum Gasteiger partial charge on any atom is 0.238 e. The molecule has 1 amide bonds. The van der Waals surface area contributed by atoms with Gasteiger partial charge < -0.3 is 10.6 Å². The number of hydrogen-bond donors (Lipinski definition) is 2. The maximum atomic E-state index is 13.5. The molecular weight excluding hydrogens is 305 g/mol. The van der Waals surface area contributed by atoms with Gasteiger partial charge in [-0.25, -0.2) is 4.39 Å². The number of anilines is 1. The SMILES string of the molecule is CN(CC(=O)Nc1ccccc1F)C1CC2CCC(C1)N2.Cl. The Bertz CT molecular complexity index is 516. The van der Waals surface area contributed by atoms with Gasteiger partial charge in [-0.15, -0.1) is 12.4 Å². The Morgan fingerprint density at radius 3 is 2.59 bits per heavy atom. The average molecular weight is 328 g/mol. The summed E-state index contributed by atoms with van der Waals surface area (Å²) in [5.74, 6) is -0.554. The van der Waals surface area contributed by atoms with Crippen molar-refractivity contribution in [2.45, 2.75) is 43.8 Å². The van der Waals surface area contributed by atoms with Gasteiger partial charge in [-0.3, -0.25) is 9.69 Å². The zero-order chi connectivity index (χ0) is 14.8. The largest absolute Gasteiger partial charge is 0.322 e. The van der Waals surface area contributed by atoms with Gasteiger partial charge in [0.1, 0.15) is 5.82 Å². The van der Waals surface area contributed by atoms with Gasteiger partial charge in [-0.2, -0.15) is 0 Å². The van der Waals surface area contributed by atoms with Gasteiger partial charge in [-0.05, 0) is 44.9 Å². The third-order valence-electron chi connectivity index (χ3n) is 4.61. The zero-order valence-corrected chi connectivity index (χ0v) is 13.5. The highest BCUT2D eigenvalue weighted by Crippen LogP contribution is 2.29. The smallest absolute Gasteiger partial charge is 0.238 e. The predicted molar refractivity (Wildman–Crippen MR) is 87.9 cm³/mol. The highest BCUT2D eigenvalue weighted by molar-refractivity contribution is 5.92. The molecule has 2 N–H and O–H groups in total. The quantitative estimate of drug-likeness (QED) is 0.892. The van der Waals surface area contributed by atoms with Crippen molar-refractivity contribution in [2.24, 2.45) is 0 Å². The summed E-state index contributed by atoms with van der Waals surface area (Å²) in [5, 5.41) is 6.25. The monoisotopic (exact) mass is 327 g/mol. The molecule has 0 spiro atoms. The van der Waals surface area contributed by atoms with Crippen molar-refractivity contribution in [3.8, 4) is 0 Å². The van der Waals surface area contributed by atoms with E-state index in [9.17, 15) is 9.18 Å². The summed E-state index contributed by atoms with van der Waals surface area (Å²) in [7, 11) is 1.98. The van der Waals surface area contributed by atoms with E-state index in [1.54, 1.807) is 18.2 Å². The van der Waals surface area contributed by atoms with Crippen molar-refractivity contribution in [1.82, 2.24) is 10.2 Å². The molecule has 2 fully saturated rings. The molecule has 3 rings (SSSR count). The summed E-state index contributed by atoms with van der Waals surface area (Å²) in [4.78, 5) is 14.2. The number of hydrogen-bond acceptors (Lipinski definition) is 3. The topological polar surface area (TPSA) is 44.4 Å². The summed E-state index contributed by atoms with van der Waals surface area (Å²) in [6, 6.07) is 7.91. The average Bonchev–Trinajstić information content (AvgIpc) is 2.80. The van der Waals surface area contributed by atoms with Crippen LogP contribution >= 0.6 is 12.4 Å². The molecule has 0 radical (unpaired) electrons. The Kier molecular flexibility index (Phi) is 5.78. The molecule has 1 aromatic carbocycles. The Morgan fingerprint density at radius 2 is 1.95 bits per heavy atom. The second kappa shape index (κ2) is 7.40. The molecule has 1 aromatic rings. The van der Waals surface area contributed by atoms with E-state index in [0.717, 1.165) is 12.8 Å². The van der Waals surface area contributed by atoms with Crippen LogP contribution in [0.4, 0.5) is 10.1 Å². The number of halogens is 2. The van der Waals surface area contributed by atoms with E-state index in [1.165, 1.54) is 18.9 Å². The summed E-state index contributed by atoms with van der Waals surface area (Å²) in [6.45, 7) is 0.304. The van der Waals surface area contributed by atoms with Crippen molar-refractivity contribution in [3.63, 3.8) is 0 Å². The number of nitrogens with one attached hydrogen (secondary N) is 2. The van der Waals surface area contributed by atoms with Crippen molar-refractivity contribution in [3.05, 3.63) is 30.1 Å². The van der Waals surface area contributed by atoms with Crippen LogP contribution in [0.2, 0.25) is 0 Å². The molecule has 0 aromatic heterocycles. The predicted octanol–water partition coefficient (Wildman–Crippen LogP) is 2.40. The van der Waals surface area contributed by atoms with Crippen LogP contribution < -0.4 is 10.6 Å². The Balaban J connectivity index is 0.00000176. The zero-order valence-electron chi connectivity index (χ0n) is 12.7. The van der Waals surface area contributed by atoms with E-state index in [-0.39, 0.29) is 24.0 Å². The van der Waals surface area contributed by atoms with E-state index < -0.39 is 5.82 Å². The summed E-state index contributed by atoms with van der Waals surface area (Å²) < 4.78 is 13.5. The second-order valence-electron chi connectivity index (χ2n) is 6.21. The van der Waals surface area contributed by atoms with E-state index in [4.69, 9.17) is 0 Å².